The Morgan fingerprint density at radius 1 is 1.38 bits per heavy atom. The molecule has 2 aliphatic rings. The van der Waals surface area contributed by atoms with Crippen LogP contribution in [0.15, 0.2) is 23.8 Å². The van der Waals surface area contributed by atoms with Crippen LogP contribution in [-0.4, -0.2) is 31.0 Å². The molecule has 0 bridgehead atoms. The third-order valence-electron chi connectivity index (χ3n) is 5.32. The van der Waals surface area contributed by atoms with Crippen LogP contribution >= 0.6 is 0 Å². The van der Waals surface area contributed by atoms with Crippen molar-refractivity contribution in [2.24, 2.45) is 10.8 Å². The highest BCUT2D eigenvalue weighted by Gasteiger charge is 2.52. The van der Waals surface area contributed by atoms with Crippen LogP contribution in [0.4, 0.5) is 13.2 Å². The van der Waals surface area contributed by atoms with E-state index in [9.17, 15) is 18.3 Å². The zero-order chi connectivity index (χ0) is 15.7. The Balaban J connectivity index is 2.30. The zero-order valence-corrected chi connectivity index (χ0v) is 12.6. The molecule has 0 saturated heterocycles. The molecule has 0 heterocycles. The lowest BCUT2D eigenvalue weighted by Gasteiger charge is -2.53. The third-order valence-corrected chi connectivity index (χ3v) is 5.32. The number of alkyl halides is 3. The molecular weight excluding hydrogens is 279 g/mol. The molecule has 2 nitrogen and oxygen atoms in total. The summed E-state index contributed by atoms with van der Waals surface area (Å²) >= 11 is 0. The normalized spacial score (nSPS) is 37.4. The summed E-state index contributed by atoms with van der Waals surface area (Å²) in [4.78, 5) is 0. The Kier molecular flexibility index (Phi) is 4.54. The highest BCUT2D eigenvalue weighted by molar-refractivity contribution is 5.32. The van der Waals surface area contributed by atoms with Crippen molar-refractivity contribution in [1.29, 1.82) is 0 Å². The second kappa shape index (κ2) is 5.76. The molecule has 0 aromatic heterocycles. The van der Waals surface area contributed by atoms with Crippen LogP contribution in [0.1, 0.15) is 39.0 Å². The number of halogens is 3. The van der Waals surface area contributed by atoms with Crippen molar-refractivity contribution in [2.75, 3.05) is 13.6 Å². The van der Waals surface area contributed by atoms with Crippen molar-refractivity contribution >= 4 is 0 Å². The minimum atomic E-state index is -4.29. The van der Waals surface area contributed by atoms with Gasteiger partial charge in [0.2, 0.25) is 0 Å². The molecular formula is C16H24F3NO. The first kappa shape index (κ1) is 16.6. The van der Waals surface area contributed by atoms with Crippen LogP contribution in [0, 0.1) is 10.8 Å². The summed E-state index contributed by atoms with van der Waals surface area (Å²) in [5.74, 6) is 0. The second-order valence-electron chi connectivity index (χ2n) is 6.56. The number of hydrogen-bond acceptors (Lipinski definition) is 2. The molecule has 0 aliphatic heterocycles. The summed E-state index contributed by atoms with van der Waals surface area (Å²) in [6.07, 6.45) is 3.23. The van der Waals surface area contributed by atoms with E-state index in [4.69, 9.17) is 0 Å². The maximum Gasteiger partial charge on any atom is 0.416 e. The molecule has 1 fully saturated rings. The van der Waals surface area contributed by atoms with Gasteiger partial charge in [-0.3, -0.25) is 0 Å². The van der Waals surface area contributed by atoms with E-state index in [0.29, 0.717) is 13.0 Å². The van der Waals surface area contributed by atoms with Crippen LogP contribution in [0.5, 0.6) is 0 Å². The Morgan fingerprint density at radius 2 is 2.10 bits per heavy atom. The van der Waals surface area contributed by atoms with Crippen molar-refractivity contribution < 1.29 is 18.3 Å². The van der Waals surface area contributed by atoms with Gasteiger partial charge in [-0.15, -0.1) is 0 Å². The van der Waals surface area contributed by atoms with Gasteiger partial charge >= 0.3 is 6.18 Å². The summed E-state index contributed by atoms with van der Waals surface area (Å²) in [6, 6.07) is 0. The van der Waals surface area contributed by atoms with Gasteiger partial charge < -0.3 is 10.4 Å². The number of aliphatic hydroxyl groups excluding tert-OH is 1. The van der Waals surface area contributed by atoms with Crippen molar-refractivity contribution in [2.45, 2.75) is 51.3 Å². The van der Waals surface area contributed by atoms with E-state index in [0.717, 1.165) is 25.7 Å². The summed E-state index contributed by atoms with van der Waals surface area (Å²) < 4.78 is 38.3. The lowest BCUT2D eigenvalue weighted by molar-refractivity contribution is -0.0927. The van der Waals surface area contributed by atoms with Gasteiger partial charge in [-0.1, -0.05) is 38.0 Å². The predicted molar refractivity (Wildman–Crippen MR) is 76.8 cm³/mol. The van der Waals surface area contributed by atoms with E-state index >= 15 is 0 Å². The van der Waals surface area contributed by atoms with E-state index in [1.807, 2.05) is 14.0 Å². The van der Waals surface area contributed by atoms with Gasteiger partial charge in [0.25, 0.3) is 0 Å². The van der Waals surface area contributed by atoms with E-state index < -0.39 is 28.7 Å². The average molecular weight is 303 g/mol. The fourth-order valence-electron chi connectivity index (χ4n) is 3.92. The maximum atomic E-state index is 12.8. The fourth-order valence-corrected chi connectivity index (χ4v) is 3.92. The number of rotatable bonds is 3. The van der Waals surface area contributed by atoms with Crippen molar-refractivity contribution in [3.8, 4) is 0 Å². The van der Waals surface area contributed by atoms with Crippen molar-refractivity contribution in [1.82, 2.24) is 5.32 Å². The lowest BCUT2D eigenvalue weighted by Crippen LogP contribution is -2.55. The van der Waals surface area contributed by atoms with Crippen LogP contribution in [0.3, 0.4) is 0 Å². The summed E-state index contributed by atoms with van der Waals surface area (Å²) in [6.45, 7) is 2.59. The number of hydrogen-bond donors (Lipinski definition) is 2. The monoisotopic (exact) mass is 303 g/mol. The van der Waals surface area contributed by atoms with E-state index in [2.05, 4.69) is 5.32 Å². The highest BCUT2D eigenvalue weighted by atomic mass is 19.4. The highest BCUT2D eigenvalue weighted by Crippen LogP contribution is 2.54. The largest absolute Gasteiger partial charge is 0.416 e. The molecule has 120 valence electrons. The molecule has 0 spiro atoms. The smallest absolute Gasteiger partial charge is 0.392 e. The second-order valence-corrected chi connectivity index (χ2v) is 6.56. The van der Waals surface area contributed by atoms with E-state index in [-0.39, 0.29) is 0 Å². The van der Waals surface area contributed by atoms with Gasteiger partial charge in [-0.2, -0.15) is 13.2 Å². The van der Waals surface area contributed by atoms with Gasteiger partial charge in [-0.05, 0) is 31.7 Å². The van der Waals surface area contributed by atoms with Crippen LogP contribution < -0.4 is 5.32 Å². The minimum Gasteiger partial charge on any atom is -0.392 e. The molecule has 0 unspecified atom stereocenters. The number of allylic oxidation sites excluding steroid dienone is 4. The fraction of sp³-hybridized carbons (Fsp3) is 0.750. The van der Waals surface area contributed by atoms with Crippen LogP contribution in [-0.2, 0) is 0 Å². The molecule has 1 saturated carbocycles. The molecule has 0 aromatic rings. The first-order chi connectivity index (χ1) is 9.75. The molecule has 2 rings (SSSR count). The SMILES string of the molecule is CNC[C@]1([C@]2(C)C=CC(C(F)(F)F)=CC2)CCCC[C@H]1O. The number of aliphatic hydroxyl groups is 1. The molecule has 0 radical (unpaired) electrons. The van der Waals surface area contributed by atoms with Gasteiger partial charge in [0, 0.05) is 12.0 Å². The Morgan fingerprint density at radius 3 is 2.57 bits per heavy atom. The Bertz CT molecular complexity index is 439. The van der Waals surface area contributed by atoms with Crippen LogP contribution in [0.2, 0.25) is 0 Å². The maximum absolute atomic E-state index is 12.8. The van der Waals surface area contributed by atoms with Gasteiger partial charge in [0.1, 0.15) is 0 Å². The van der Waals surface area contributed by atoms with E-state index in [1.54, 1.807) is 6.08 Å². The predicted octanol–water partition coefficient (Wildman–Crippen LogP) is 3.58. The lowest BCUT2D eigenvalue weighted by atomic mass is 9.54. The zero-order valence-electron chi connectivity index (χ0n) is 12.6. The Labute approximate surface area is 124 Å². The van der Waals surface area contributed by atoms with Gasteiger partial charge in [0.15, 0.2) is 0 Å². The number of nitrogens with one attached hydrogen (secondary N) is 1. The molecule has 21 heavy (non-hydrogen) atoms. The average Bonchev–Trinajstić information content (AvgIpc) is 2.41. The summed E-state index contributed by atoms with van der Waals surface area (Å²) in [7, 11) is 1.83. The molecule has 3 atom stereocenters. The van der Waals surface area contributed by atoms with Gasteiger partial charge in [0.05, 0.1) is 11.7 Å². The minimum absolute atomic E-state index is 0.317. The van der Waals surface area contributed by atoms with E-state index in [1.165, 1.54) is 12.2 Å². The summed E-state index contributed by atoms with van der Waals surface area (Å²) in [5, 5.41) is 13.7. The third kappa shape index (κ3) is 2.90. The first-order valence-corrected chi connectivity index (χ1v) is 7.54. The molecule has 0 amide bonds. The van der Waals surface area contributed by atoms with Crippen molar-refractivity contribution in [3.63, 3.8) is 0 Å². The molecule has 2 N–H and O–H groups in total. The summed E-state index contributed by atoms with van der Waals surface area (Å²) in [5.41, 5.74) is -1.43. The Hall–Kier alpha value is -0.810. The quantitative estimate of drug-likeness (QED) is 0.835. The molecule has 2 aliphatic carbocycles. The molecule has 5 heteroatoms. The topological polar surface area (TPSA) is 32.3 Å². The van der Waals surface area contributed by atoms with Crippen molar-refractivity contribution in [3.05, 3.63) is 23.8 Å². The van der Waals surface area contributed by atoms with Crippen LogP contribution in [0.25, 0.3) is 0 Å². The van der Waals surface area contributed by atoms with Gasteiger partial charge in [-0.25, -0.2) is 0 Å². The standard InChI is InChI=1S/C16H24F3NO/c1-14(9-6-12(7-10-14)16(17,18)19)15(11-20-2)8-4-3-5-13(15)21/h6-7,9,13,20-21H,3-5,8,10-11H2,1-2H3/t13-,14-,15-/m1/s1. The molecule has 0 aromatic carbocycles. The first-order valence-electron chi connectivity index (χ1n) is 7.54.